The van der Waals surface area contributed by atoms with Crippen molar-refractivity contribution in [3.05, 3.63) is 52.3 Å². The summed E-state index contributed by atoms with van der Waals surface area (Å²) in [6, 6.07) is 8.14. The number of fused-ring (bicyclic) bond motifs is 1. The highest BCUT2D eigenvalue weighted by atomic mass is 16.1. The van der Waals surface area contributed by atoms with Gasteiger partial charge in [-0.05, 0) is 29.7 Å². The molecule has 2 heterocycles. The molecule has 20 heavy (non-hydrogen) atoms. The summed E-state index contributed by atoms with van der Waals surface area (Å²) in [7, 11) is 1.83. The Hall–Kier alpha value is -2.14. The summed E-state index contributed by atoms with van der Waals surface area (Å²) in [4.78, 5) is 12.0. The molecule has 0 radical (unpaired) electrons. The monoisotopic (exact) mass is 270 g/mol. The summed E-state index contributed by atoms with van der Waals surface area (Å²) in [6.07, 6.45) is 0. The minimum absolute atomic E-state index is 0.132. The van der Waals surface area contributed by atoms with Gasteiger partial charge in [-0.2, -0.15) is 5.10 Å². The topological polar surface area (TPSA) is 59.0 Å². The van der Waals surface area contributed by atoms with Crippen LogP contribution in [0.2, 0.25) is 0 Å². The van der Waals surface area contributed by atoms with E-state index in [0.29, 0.717) is 12.2 Å². The molecule has 0 bridgehead atoms. The van der Waals surface area contributed by atoms with Crippen LogP contribution in [-0.4, -0.2) is 15.7 Å². The van der Waals surface area contributed by atoms with Crippen molar-refractivity contribution in [3.8, 4) is 0 Å². The third-order valence-electron chi connectivity index (χ3n) is 3.70. The predicted octanol–water partition coefficient (Wildman–Crippen LogP) is 1.26. The first-order chi connectivity index (χ1) is 9.63. The van der Waals surface area contributed by atoms with Crippen molar-refractivity contribution in [2.24, 2.45) is 7.05 Å². The minimum Gasteiger partial charge on any atom is -0.347 e. The molecule has 0 saturated heterocycles. The largest absolute Gasteiger partial charge is 0.347 e. The van der Waals surface area contributed by atoms with Gasteiger partial charge in [0.2, 0.25) is 0 Å². The number of benzene rings is 1. The molecular weight excluding hydrogens is 252 g/mol. The summed E-state index contributed by atoms with van der Waals surface area (Å²) >= 11 is 0. The molecule has 2 aromatic rings. The maximum absolute atomic E-state index is 12.0. The van der Waals surface area contributed by atoms with Crippen molar-refractivity contribution in [2.45, 2.75) is 26.6 Å². The highest BCUT2D eigenvalue weighted by Crippen LogP contribution is 2.17. The van der Waals surface area contributed by atoms with Crippen molar-refractivity contribution >= 4 is 5.91 Å². The number of amides is 1. The number of carbonyl (C=O) groups is 1. The number of rotatable bonds is 3. The quantitative estimate of drug-likeness (QED) is 0.883. The second-order valence-electron chi connectivity index (χ2n) is 5.18. The fourth-order valence-electron chi connectivity index (χ4n) is 2.40. The Morgan fingerprint density at radius 1 is 1.35 bits per heavy atom. The van der Waals surface area contributed by atoms with E-state index >= 15 is 0 Å². The first-order valence-electron chi connectivity index (χ1n) is 6.74. The number of hydrogen-bond acceptors (Lipinski definition) is 3. The number of nitrogens with one attached hydrogen (secondary N) is 2. The molecule has 0 atom stereocenters. The smallest absolute Gasteiger partial charge is 0.272 e. The van der Waals surface area contributed by atoms with E-state index in [0.717, 1.165) is 24.3 Å². The highest BCUT2D eigenvalue weighted by Gasteiger charge is 2.12. The molecule has 104 valence electrons. The number of carbonyl (C=O) groups excluding carboxylic acids is 1. The standard InChI is InChI=1S/C15H18N4O/c1-10-5-14(18-19(10)2)15(20)17-7-11-3-4-12-8-16-9-13(12)6-11/h3-6,16H,7-9H2,1-2H3,(H,17,20). The molecule has 5 nitrogen and oxygen atoms in total. The van der Waals surface area contributed by atoms with Gasteiger partial charge in [0, 0.05) is 32.4 Å². The molecule has 1 aliphatic heterocycles. The summed E-state index contributed by atoms with van der Waals surface area (Å²) in [5.74, 6) is -0.132. The Morgan fingerprint density at radius 3 is 2.90 bits per heavy atom. The lowest BCUT2D eigenvalue weighted by atomic mass is 10.1. The van der Waals surface area contributed by atoms with Gasteiger partial charge in [0.1, 0.15) is 5.69 Å². The Kier molecular flexibility index (Phi) is 3.28. The zero-order valence-corrected chi connectivity index (χ0v) is 11.7. The zero-order chi connectivity index (χ0) is 14.1. The van der Waals surface area contributed by atoms with E-state index < -0.39 is 0 Å². The number of aromatic nitrogens is 2. The fourth-order valence-corrected chi connectivity index (χ4v) is 2.40. The zero-order valence-electron chi connectivity index (χ0n) is 11.7. The first kappa shape index (κ1) is 12.9. The van der Waals surface area contributed by atoms with E-state index in [-0.39, 0.29) is 5.91 Å². The molecule has 0 unspecified atom stereocenters. The van der Waals surface area contributed by atoms with Crippen LogP contribution in [0.5, 0.6) is 0 Å². The van der Waals surface area contributed by atoms with Crippen molar-refractivity contribution in [1.82, 2.24) is 20.4 Å². The summed E-state index contributed by atoms with van der Waals surface area (Å²) in [5.41, 5.74) is 5.23. The van der Waals surface area contributed by atoms with Gasteiger partial charge in [-0.3, -0.25) is 9.48 Å². The lowest BCUT2D eigenvalue weighted by Crippen LogP contribution is -2.23. The Bertz CT molecular complexity index is 640. The van der Waals surface area contributed by atoms with Crippen LogP contribution < -0.4 is 10.6 Å². The molecule has 1 amide bonds. The van der Waals surface area contributed by atoms with Crippen molar-refractivity contribution in [2.75, 3.05) is 0 Å². The maximum Gasteiger partial charge on any atom is 0.272 e. The molecule has 0 spiro atoms. The van der Waals surface area contributed by atoms with Gasteiger partial charge < -0.3 is 10.6 Å². The van der Waals surface area contributed by atoms with Crippen LogP contribution in [0.1, 0.15) is 32.9 Å². The SMILES string of the molecule is Cc1cc(C(=O)NCc2ccc3c(c2)CNC3)nn1C. The van der Waals surface area contributed by atoms with E-state index in [1.807, 2.05) is 14.0 Å². The summed E-state index contributed by atoms with van der Waals surface area (Å²) in [6.45, 7) is 4.31. The van der Waals surface area contributed by atoms with Crippen molar-refractivity contribution < 1.29 is 4.79 Å². The van der Waals surface area contributed by atoms with Crippen LogP contribution in [0, 0.1) is 6.92 Å². The molecule has 3 rings (SSSR count). The third kappa shape index (κ3) is 2.44. The van der Waals surface area contributed by atoms with Crippen LogP contribution in [0.4, 0.5) is 0 Å². The molecule has 1 aliphatic rings. The van der Waals surface area contributed by atoms with Gasteiger partial charge in [0.25, 0.3) is 5.91 Å². The van der Waals surface area contributed by atoms with Crippen LogP contribution in [-0.2, 0) is 26.7 Å². The van der Waals surface area contributed by atoms with Gasteiger partial charge in [0.05, 0.1) is 0 Å². The Labute approximate surface area is 118 Å². The van der Waals surface area contributed by atoms with Crippen LogP contribution >= 0.6 is 0 Å². The van der Waals surface area contributed by atoms with Crippen molar-refractivity contribution in [3.63, 3.8) is 0 Å². The summed E-state index contributed by atoms with van der Waals surface area (Å²) in [5, 5.41) is 10.4. The molecule has 1 aromatic carbocycles. The summed E-state index contributed by atoms with van der Waals surface area (Å²) < 4.78 is 1.70. The molecule has 0 saturated carbocycles. The van der Waals surface area contributed by atoms with Gasteiger partial charge in [-0.1, -0.05) is 18.2 Å². The highest BCUT2D eigenvalue weighted by molar-refractivity contribution is 5.92. The van der Waals surface area contributed by atoms with E-state index in [9.17, 15) is 4.79 Å². The van der Waals surface area contributed by atoms with E-state index in [4.69, 9.17) is 0 Å². The lowest BCUT2D eigenvalue weighted by molar-refractivity contribution is 0.0945. The predicted molar refractivity (Wildman–Crippen MR) is 76.1 cm³/mol. The average Bonchev–Trinajstić information content (AvgIpc) is 3.03. The van der Waals surface area contributed by atoms with E-state index in [2.05, 4.69) is 33.9 Å². The molecule has 1 aromatic heterocycles. The third-order valence-corrected chi connectivity index (χ3v) is 3.70. The van der Waals surface area contributed by atoms with Crippen LogP contribution in [0.3, 0.4) is 0 Å². The molecule has 0 aliphatic carbocycles. The Balaban J connectivity index is 1.66. The average molecular weight is 270 g/mol. The Morgan fingerprint density at radius 2 is 2.15 bits per heavy atom. The van der Waals surface area contributed by atoms with E-state index in [1.54, 1.807) is 10.7 Å². The van der Waals surface area contributed by atoms with Gasteiger partial charge in [-0.15, -0.1) is 0 Å². The minimum atomic E-state index is -0.132. The molecular formula is C15H18N4O. The van der Waals surface area contributed by atoms with Crippen molar-refractivity contribution in [1.29, 1.82) is 0 Å². The van der Waals surface area contributed by atoms with Gasteiger partial charge in [0.15, 0.2) is 0 Å². The normalized spacial score (nSPS) is 13.3. The van der Waals surface area contributed by atoms with Crippen LogP contribution in [0.25, 0.3) is 0 Å². The fraction of sp³-hybridized carbons (Fsp3) is 0.333. The van der Waals surface area contributed by atoms with Gasteiger partial charge >= 0.3 is 0 Å². The van der Waals surface area contributed by atoms with E-state index in [1.165, 1.54) is 11.1 Å². The maximum atomic E-state index is 12.0. The van der Waals surface area contributed by atoms with Crippen LogP contribution in [0.15, 0.2) is 24.3 Å². The second kappa shape index (κ2) is 5.09. The molecule has 0 fully saturated rings. The number of hydrogen-bond donors (Lipinski definition) is 2. The second-order valence-corrected chi connectivity index (χ2v) is 5.18. The molecule has 2 N–H and O–H groups in total. The lowest BCUT2D eigenvalue weighted by Gasteiger charge is -2.05. The number of aryl methyl sites for hydroxylation is 2. The molecule has 5 heteroatoms. The number of nitrogens with zero attached hydrogens (tertiary/aromatic N) is 2. The van der Waals surface area contributed by atoms with Gasteiger partial charge in [-0.25, -0.2) is 0 Å². The first-order valence-corrected chi connectivity index (χ1v) is 6.74.